The minimum atomic E-state index is -0.559. The smallest absolute Gasteiger partial charge is 0.0719 e. The summed E-state index contributed by atoms with van der Waals surface area (Å²) in [6, 6.07) is 95.9. The largest absolute Gasteiger partial charge is 0.310 e. The van der Waals surface area contributed by atoms with Crippen molar-refractivity contribution >= 4 is 38.6 Å². The molecule has 0 spiro atoms. The summed E-state index contributed by atoms with van der Waals surface area (Å²) < 4.78 is 0. The van der Waals surface area contributed by atoms with Crippen LogP contribution in [0.4, 0.5) is 17.1 Å². The number of hydrogen-bond donors (Lipinski definition) is 0. The first-order valence-corrected chi connectivity index (χ1v) is 22.2. The van der Waals surface area contributed by atoms with E-state index in [1.807, 2.05) is 0 Å². The van der Waals surface area contributed by atoms with Gasteiger partial charge in [-0.25, -0.2) is 0 Å². The summed E-state index contributed by atoms with van der Waals surface area (Å²) in [5.74, 6) is 0. The van der Waals surface area contributed by atoms with Gasteiger partial charge in [-0.3, -0.25) is 0 Å². The van der Waals surface area contributed by atoms with Gasteiger partial charge in [-0.15, -0.1) is 0 Å². The van der Waals surface area contributed by atoms with Gasteiger partial charge in [0.1, 0.15) is 0 Å². The summed E-state index contributed by atoms with van der Waals surface area (Å²) in [6.45, 7) is 0. The summed E-state index contributed by atoms with van der Waals surface area (Å²) in [7, 11) is 0. The van der Waals surface area contributed by atoms with Crippen LogP contribution in [0.3, 0.4) is 0 Å². The molecule has 0 fully saturated rings. The van der Waals surface area contributed by atoms with Gasteiger partial charge in [0.05, 0.1) is 5.41 Å². The van der Waals surface area contributed by atoms with Crippen molar-refractivity contribution in [1.29, 1.82) is 0 Å². The third-order valence-corrected chi connectivity index (χ3v) is 13.3. The molecule has 0 aromatic heterocycles. The Hall–Kier alpha value is -8.26. The average Bonchev–Trinajstić information content (AvgIpc) is 3.69. The van der Waals surface area contributed by atoms with Crippen LogP contribution < -0.4 is 4.90 Å². The van der Waals surface area contributed by atoms with Crippen molar-refractivity contribution in [2.24, 2.45) is 0 Å². The Bertz CT molecular complexity index is 3410. The van der Waals surface area contributed by atoms with E-state index in [2.05, 4.69) is 266 Å². The minimum absolute atomic E-state index is 0.559. The molecule has 0 heterocycles. The van der Waals surface area contributed by atoms with Gasteiger partial charge in [0, 0.05) is 17.1 Å². The van der Waals surface area contributed by atoms with Gasteiger partial charge in [-0.05, 0) is 125 Å². The van der Waals surface area contributed by atoms with Crippen LogP contribution in [0, 0.1) is 0 Å². The number of benzene rings is 11. The first-order valence-electron chi connectivity index (χ1n) is 22.2. The van der Waals surface area contributed by atoms with E-state index in [0.717, 1.165) is 17.1 Å². The first-order chi connectivity index (χ1) is 31.8. The predicted molar refractivity (Wildman–Crippen MR) is 270 cm³/mol. The molecule has 0 unspecified atom stereocenters. The lowest BCUT2D eigenvalue weighted by Crippen LogP contribution is -2.28. The van der Waals surface area contributed by atoms with Crippen LogP contribution in [-0.4, -0.2) is 0 Å². The molecule has 12 rings (SSSR count). The number of anilines is 3. The van der Waals surface area contributed by atoms with Crippen molar-refractivity contribution in [3.05, 3.63) is 283 Å². The molecule has 1 aliphatic carbocycles. The molecule has 11 aromatic carbocycles. The van der Waals surface area contributed by atoms with Crippen LogP contribution >= 0.6 is 0 Å². The molecule has 0 aliphatic heterocycles. The second-order valence-electron chi connectivity index (χ2n) is 16.8. The highest BCUT2D eigenvalue weighted by Crippen LogP contribution is 2.62. The van der Waals surface area contributed by atoms with E-state index in [1.54, 1.807) is 0 Å². The Morgan fingerprint density at radius 1 is 0.281 bits per heavy atom. The number of rotatable bonds is 8. The second-order valence-corrected chi connectivity index (χ2v) is 16.8. The first kappa shape index (κ1) is 37.5. The Balaban J connectivity index is 1.12. The molecule has 0 saturated carbocycles. The van der Waals surface area contributed by atoms with E-state index in [9.17, 15) is 0 Å². The highest BCUT2D eigenvalue weighted by atomic mass is 15.1. The lowest BCUT2D eigenvalue weighted by atomic mass is 9.66. The standard InChI is InChI=1S/C63H43N/c1-5-19-44(20-6-1)46-33-38-52(39-34-46)64(54-42-35-45-21-13-14-24-49(45)43-54)53-40-36-48(37-41-53)60-59(47-22-7-2-8-23-47)55-29-15-16-30-56(55)62-61(60)57-31-17-18-32-58(57)63(62,50-25-9-3-10-26-50)51-27-11-4-12-28-51/h1-43H. The quantitative estimate of drug-likeness (QED) is 0.148. The van der Waals surface area contributed by atoms with E-state index >= 15 is 0 Å². The van der Waals surface area contributed by atoms with E-state index in [0.29, 0.717) is 0 Å². The van der Waals surface area contributed by atoms with Gasteiger partial charge in [-0.2, -0.15) is 0 Å². The van der Waals surface area contributed by atoms with Gasteiger partial charge < -0.3 is 4.90 Å². The molecule has 11 aromatic rings. The normalized spacial score (nSPS) is 12.5. The fourth-order valence-corrected chi connectivity index (χ4v) is 10.6. The van der Waals surface area contributed by atoms with Crippen molar-refractivity contribution in [2.45, 2.75) is 5.41 Å². The van der Waals surface area contributed by atoms with Gasteiger partial charge in [0.2, 0.25) is 0 Å². The zero-order valence-corrected chi connectivity index (χ0v) is 35.3. The summed E-state index contributed by atoms with van der Waals surface area (Å²) in [4.78, 5) is 2.39. The highest BCUT2D eigenvalue weighted by molar-refractivity contribution is 6.15. The summed E-state index contributed by atoms with van der Waals surface area (Å²) >= 11 is 0. The zero-order chi connectivity index (χ0) is 42.5. The third-order valence-electron chi connectivity index (χ3n) is 13.3. The molecule has 64 heavy (non-hydrogen) atoms. The van der Waals surface area contributed by atoms with Crippen LogP contribution in [0.15, 0.2) is 261 Å². The Kier molecular flexibility index (Phi) is 9.13. The molecule has 0 N–H and O–H groups in total. The fraction of sp³-hybridized carbons (Fsp3) is 0.0159. The summed E-state index contributed by atoms with van der Waals surface area (Å²) in [5.41, 5.74) is 17.7. The lowest BCUT2D eigenvalue weighted by Gasteiger charge is -2.35. The van der Waals surface area contributed by atoms with Gasteiger partial charge >= 0.3 is 0 Å². The number of fused-ring (bicyclic) bond motifs is 6. The molecule has 0 bridgehead atoms. The molecule has 1 nitrogen and oxygen atoms in total. The van der Waals surface area contributed by atoms with Crippen LogP contribution in [-0.2, 0) is 5.41 Å². The maximum absolute atomic E-state index is 2.39. The maximum atomic E-state index is 2.39. The van der Waals surface area contributed by atoms with Gasteiger partial charge in [0.25, 0.3) is 0 Å². The van der Waals surface area contributed by atoms with Crippen LogP contribution in [0.5, 0.6) is 0 Å². The van der Waals surface area contributed by atoms with E-state index in [-0.39, 0.29) is 0 Å². The van der Waals surface area contributed by atoms with Crippen molar-refractivity contribution in [1.82, 2.24) is 0 Å². The molecular weight excluding hydrogens is 771 g/mol. The van der Waals surface area contributed by atoms with Crippen molar-refractivity contribution in [2.75, 3.05) is 4.90 Å². The van der Waals surface area contributed by atoms with Crippen molar-refractivity contribution in [3.63, 3.8) is 0 Å². The fourth-order valence-electron chi connectivity index (χ4n) is 10.6. The van der Waals surface area contributed by atoms with Gasteiger partial charge in [0.15, 0.2) is 0 Å². The summed E-state index contributed by atoms with van der Waals surface area (Å²) in [6.07, 6.45) is 0. The molecule has 0 amide bonds. The minimum Gasteiger partial charge on any atom is -0.310 e. The highest BCUT2D eigenvalue weighted by Gasteiger charge is 2.48. The van der Waals surface area contributed by atoms with E-state index < -0.39 is 5.41 Å². The topological polar surface area (TPSA) is 3.24 Å². The third kappa shape index (κ3) is 6.01. The Labute approximate surface area is 374 Å². The van der Waals surface area contributed by atoms with Gasteiger partial charge in [-0.1, -0.05) is 224 Å². The predicted octanol–water partition coefficient (Wildman–Crippen LogP) is 16.8. The summed E-state index contributed by atoms with van der Waals surface area (Å²) in [5, 5.41) is 4.94. The number of nitrogens with zero attached hydrogens (tertiary/aromatic N) is 1. The van der Waals surface area contributed by atoms with Crippen LogP contribution in [0.1, 0.15) is 22.3 Å². The molecular formula is C63H43N. The second kappa shape index (κ2) is 15.6. The molecule has 0 saturated heterocycles. The number of hydrogen-bond acceptors (Lipinski definition) is 1. The van der Waals surface area contributed by atoms with Crippen molar-refractivity contribution in [3.8, 4) is 44.5 Å². The molecule has 0 atom stereocenters. The Morgan fingerprint density at radius 3 is 1.38 bits per heavy atom. The lowest BCUT2D eigenvalue weighted by molar-refractivity contribution is 0.775. The SMILES string of the molecule is c1ccc(-c2ccc(N(c3ccc(-c4c5c(c6ccccc6c4-c4ccccc4)C(c4ccccc4)(c4ccccc4)c4ccccc4-5)cc3)c3ccc4ccccc4c3)cc2)cc1. The van der Waals surface area contributed by atoms with Crippen LogP contribution in [0.25, 0.3) is 66.1 Å². The molecule has 300 valence electrons. The van der Waals surface area contributed by atoms with Crippen molar-refractivity contribution < 1.29 is 0 Å². The molecule has 1 heteroatoms. The molecule has 0 radical (unpaired) electrons. The van der Waals surface area contributed by atoms with E-state index in [4.69, 9.17) is 0 Å². The molecule has 1 aliphatic rings. The van der Waals surface area contributed by atoms with Crippen LogP contribution in [0.2, 0.25) is 0 Å². The monoisotopic (exact) mass is 813 g/mol. The Morgan fingerprint density at radius 2 is 0.734 bits per heavy atom. The zero-order valence-electron chi connectivity index (χ0n) is 35.3. The van der Waals surface area contributed by atoms with E-state index in [1.165, 1.54) is 88.3 Å². The maximum Gasteiger partial charge on any atom is 0.0719 e. The average molecular weight is 814 g/mol.